The van der Waals surface area contributed by atoms with Gasteiger partial charge in [0.2, 0.25) is 0 Å². The van der Waals surface area contributed by atoms with Crippen molar-refractivity contribution in [3.63, 3.8) is 0 Å². The lowest BCUT2D eigenvalue weighted by Gasteiger charge is -2.12. The van der Waals surface area contributed by atoms with Crippen LogP contribution in [-0.4, -0.2) is 36.4 Å². The number of rotatable bonds is 0. The molecule has 0 aromatic carbocycles. The molecule has 0 aromatic heterocycles. The molecule has 0 spiro atoms. The maximum Gasteiger partial charge on any atom is 0.335 e. The summed E-state index contributed by atoms with van der Waals surface area (Å²) in [5.41, 5.74) is 0. The van der Waals surface area contributed by atoms with Crippen molar-refractivity contribution in [3.05, 3.63) is 0 Å². The van der Waals surface area contributed by atoms with Gasteiger partial charge in [-0.15, -0.1) is 0 Å². The Hall–Kier alpha value is -1.10. The highest BCUT2D eigenvalue weighted by Gasteiger charge is 2.21. The van der Waals surface area contributed by atoms with Gasteiger partial charge in [0, 0.05) is 0 Å². The zero-order valence-electron chi connectivity index (χ0n) is 7.19. The van der Waals surface area contributed by atoms with Crippen LogP contribution in [0.4, 0.5) is 0 Å². The summed E-state index contributed by atoms with van der Waals surface area (Å²) in [6.45, 7) is 0.594. The predicted molar refractivity (Wildman–Crippen MR) is 41.8 cm³/mol. The summed E-state index contributed by atoms with van der Waals surface area (Å²) in [5.74, 6) is -1.31. The highest BCUT2D eigenvalue weighted by Crippen LogP contribution is 2.03. The Kier molecular flexibility index (Phi) is 3.70. The van der Waals surface area contributed by atoms with Gasteiger partial charge < -0.3 is 14.6 Å². The largest absolute Gasteiger partial charge is 0.466 e. The third kappa shape index (κ3) is 3.42. The Labute approximate surface area is 75.6 Å². The topological polar surface area (TPSA) is 72.8 Å². The van der Waals surface area contributed by atoms with Gasteiger partial charge in [-0.3, -0.25) is 4.79 Å². The molecule has 0 bridgehead atoms. The second-order valence-corrected chi connectivity index (χ2v) is 2.81. The van der Waals surface area contributed by atoms with E-state index in [1.54, 1.807) is 0 Å². The van der Waals surface area contributed by atoms with Crippen LogP contribution in [0, 0.1) is 0 Å². The van der Waals surface area contributed by atoms with E-state index in [0.717, 1.165) is 0 Å². The van der Waals surface area contributed by atoms with Gasteiger partial charge >= 0.3 is 11.9 Å². The molecule has 1 unspecified atom stereocenters. The van der Waals surface area contributed by atoms with E-state index in [2.05, 4.69) is 4.74 Å². The summed E-state index contributed by atoms with van der Waals surface area (Å²) in [7, 11) is 0. The minimum atomic E-state index is -1.38. The first-order valence-electron chi connectivity index (χ1n) is 4.20. The molecule has 0 aliphatic carbocycles. The van der Waals surface area contributed by atoms with Crippen molar-refractivity contribution in [2.75, 3.05) is 13.2 Å². The van der Waals surface area contributed by atoms with Gasteiger partial charge in [0.05, 0.1) is 19.6 Å². The van der Waals surface area contributed by atoms with Gasteiger partial charge in [0.25, 0.3) is 0 Å². The van der Waals surface area contributed by atoms with Crippen LogP contribution in [0.25, 0.3) is 0 Å². The van der Waals surface area contributed by atoms with E-state index in [9.17, 15) is 9.59 Å². The van der Waals surface area contributed by atoms with Crippen molar-refractivity contribution in [2.45, 2.75) is 25.4 Å². The maximum absolute atomic E-state index is 10.9. The van der Waals surface area contributed by atoms with Crippen LogP contribution in [0.2, 0.25) is 0 Å². The standard InChI is InChI=1S/C8H12O5/c9-6-5-7(10)12-3-1-2-4-13-8(6)11/h6,9H,1-5H2. The molecule has 5 heteroatoms. The summed E-state index contributed by atoms with van der Waals surface area (Å²) in [4.78, 5) is 21.8. The number of hydrogen-bond donors (Lipinski definition) is 1. The van der Waals surface area contributed by atoms with Crippen LogP contribution < -0.4 is 0 Å². The number of aliphatic hydroxyl groups excluding tert-OH is 1. The van der Waals surface area contributed by atoms with E-state index in [4.69, 9.17) is 9.84 Å². The zero-order chi connectivity index (χ0) is 9.68. The van der Waals surface area contributed by atoms with Crippen molar-refractivity contribution in [1.82, 2.24) is 0 Å². The maximum atomic E-state index is 10.9. The summed E-state index contributed by atoms with van der Waals surface area (Å²) >= 11 is 0. The molecule has 1 N–H and O–H groups in total. The smallest absolute Gasteiger partial charge is 0.335 e. The van der Waals surface area contributed by atoms with Crippen LogP contribution in [0.1, 0.15) is 19.3 Å². The fourth-order valence-electron chi connectivity index (χ4n) is 0.959. The second-order valence-electron chi connectivity index (χ2n) is 2.81. The van der Waals surface area contributed by atoms with Gasteiger partial charge in [0.15, 0.2) is 6.10 Å². The molecular weight excluding hydrogens is 176 g/mol. The van der Waals surface area contributed by atoms with Crippen molar-refractivity contribution in [1.29, 1.82) is 0 Å². The molecule has 1 aliphatic heterocycles. The fourth-order valence-corrected chi connectivity index (χ4v) is 0.959. The predicted octanol–water partition coefficient (Wildman–Crippen LogP) is -0.382. The molecule has 1 heterocycles. The third-order valence-electron chi connectivity index (χ3n) is 1.68. The van der Waals surface area contributed by atoms with E-state index < -0.39 is 18.0 Å². The molecule has 5 nitrogen and oxygen atoms in total. The van der Waals surface area contributed by atoms with Crippen LogP contribution in [0.15, 0.2) is 0 Å². The second kappa shape index (κ2) is 4.81. The Morgan fingerprint density at radius 1 is 1.15 bits per heavy atom. The number of aliphatic hydroxyl groups is 1. The Morgan fingerprint density at radius 2 is 1.77 bits per heavy atom. The number of carbonyl (C=O) groups is 2. The lowest BCUT2D eigenvalue weighted by atomic mass is 10.2. The molecule has 0 radical (unpaired) electrons. The lowest BCUT2D eigenvalue weighted by Crippen LogP contribution is -2.28. The molecule has 1 atom stereocenters. The number of hydrogen-bond acceptors (Lipinski definition) is 5. The Bertz CT molecular complexity index is 201. The van der Waals surface area contributed by atoms with Crippen LogP contribution in [0.5, 0.6) is 0 Å². The first kappa shape index (κ1) is 9.98. The van der Waals surface area contributed by atoms with E-state index >= 15 is 0 Å². The molecule has 0 saturated carbocycles. The van der Waals surface area contributed by atoms with Crippen LogP contribution >= 0.6 is 0 Å². The summed E-state index contributed by atoms with van der Waals surface area (Å²) in [5, 5.41) is 9.09. The van der Waals surface area contributed by atoms with E-state index in [1.807, 2.05) is 0 Å². The number of esters is 2. The summed E-state index contributed by atoms with van der Waals surface area (Å²) in [6.07, 6.45) is -0.384. The molecular formula is C8H12O5. The van der Waals surface area contributed by atoms with Gasteiger partial charge in [-0.05, 0) is 12.8 Å². The molecule has 0 aromatic rings. The van der Waals surface area contributed by atoms with E-state index in [1.165, 1.54) is 0 Å². The Balaban J connectivity index is 2.47. The Morgan fingerprint density at radius 3 is 2.46 bits per heavy atom. The highest BCUT2D eigenvalue weighted by atomic mass is 16.6. The quantitative estimate of drug-likeness (QED) is 0.524. The molecule has 1 fully saturated rings. The van der Waals surface area contributed by atoms with E-state index in [-0.39, 0.29) is 13.0 Å². The van der Waals surface area contributed by atoms with E-state index in [0.29, 0.717) is 19.4 Å². The third-order valence-corrected chi connectivity index (χ3v) is 1.68. The van der Waals surface area contributed by atoms with Crippen molar-refractivity contribution >= 4 is 11.9 Å². The lowest BCUT2D eigenvalue weighted by molar-refractivity contribution is -0.161. The molecule has 74 valence electrons. The van der Waals surface area contributed by atoms with Crippen molar-refractivity contribution < 1.29 is 24.2 Å². The number of ether oxygens (including phenoxy) is 2. The van der Waals surface area contributed by atoms with Crippen molar-refractivity contribution in [2.24, 2.45) is 0 Å². The molecule has 13 heavy (non-hydrogen) atoms. The van der Waals surface area contributed by atoms with Crippen LogP contribution in [-0.2, 0) is 19.1 Å². The first-order chi connectivity index (χ1) is 6.20. The summed E-state index contributed by atoms with van der Waals surface area (Å²) < 4.78 is 9.41. The number of carbonyl (C=O) groups excluding carboxylic acids is 2. The fraction of sp³-hybridized carbons (Fsp3) is 0.750. The SMILES string of the molecule is O=C1CC(O)C(=O)OCCCCO1. The molecule has 1 saturated heterocycles. The molecule has 1 aliphatic rings. The normalized spacial score (nSPS) is 26.1. The number of cyclic esters (lactones) is 2. The van der Waals surface area contributed by atoms with Gasteiger partial charge in [-0.2, -0.15) is 0 Å². The summed E-state index contributed by atoms with van der Waals surface area (Å²) in [6, 6.07) is 0. The van der Waals surface area contributed by atoms with Crippen molar-refractivity contribution in [3.8, 4) is 0 Å². The molecule has 1 rings (SSSR count). The molecule has 0 amide bonds. The van der Waals surface area contributed by atoms with Crippen LogP contribution in [0.3, 0.4) is 0 Å². The van der Waals surface area contributed by atoms with Gasteiger partial charge in [-0.25, -0.2) is 4.79 Å². The monoisotopic (exact) mass is 188 g/mol. The zero-order valence-corrected chi connectivity index (χ0v) is 7.19. The first-order valence-corrected chi connectivity index (χ1v) is 4.20. The average Bonchev–Trinajstić information content (AvgIpc) is 2.09. The minimum Gasteiger partial charge on any atom is -0.466 e. The minimum absolute atomic E-state index is 0.271. The average molecular weight is 188 g/mol. The van der Waals surface area contributed by atoms with Gasteiger partial charge in [0.1, 0.15) is 0 Å². The highest BCUT2D eigenvalue weighted by molar-refractivity contribution is 5.81. The van der Waals surface area contributed by atoms with Gasteiger partial charge in [-0.1, -0.05) is 0 Å².